The van der Waals surface area contributed by atoms with Gasteiger partial charge in [-0.3, -0.25) is 9.69 Å². The SMILES string of the molecule is CCC1(CC)CN(Cc2ccccc2CC(=O)O)C1. The number of hydrogen-bond donors (Lipinski definition) is 1. The Morgan fingerprint density at radius 3 is 2.32 bits per heavy atom. The zero-order valence-electron chi connectivity index (χ0n) is 11.9. The van der Waals surface area contributed by atoms with Crippen LogP contribution in [0.3, 0.4) is 0 Å². The number of benzene rings is 1. The zero-order chi connectivity index (χ0) is 13.9. The van der Waals surface area contributed by atoms with E-state index in [0.717, 1.165) is 30.8 Å². The van der Waals surface area contributed by atoms with Crippen LogP contribution in [0, 0.1) is 5.41 Å². The van der Waals surface area contributed by atoms with E-state index in [1.165, 1.54) is 12.8 Å². The summed E-state index contributed by atoms with van der Waals surface area (Å²) < 4.78 is 0. The molecule has 1 N–H and O–H groups in total. The number of aliphatic carboxylic acids is 1. The van der Waals surface area contributed by atoms with Gasteiger partial charge in [0.05, 0.1) is 6.42 Å². The van der Waals surface area contributed by atoms with Gasteiger partial charge in [0.25, 0.3) is 0 Å². The van der Waals surface area contributed by atoms with E-state index < -0.39 is 5.97 Å². The summed E-state index contributed by atoms with van der Waals surface area (Å²) in [6.07, 6.45) is 2.59. The molecule has 0 bridgehead atoms. The molecule has 2 rings (SSSR count). The van der Waals surface area contributed by atoms with Crippen molar-refractivity contribution in [1.29, 1.82) is 0 Å². The maximum Gasteiger partial charge on any atom is 0.307 e. The number of nitrogens with zero attached hydrogens (tertiary/aromatic N) is 1. The Labute approximate surface area is 115 Å². The van der Waals surface area contributed by atoms with E-state index >= 15 is 0 Å². The predicted octanol–water partition coefficient (Wildman–Crippen LogP) is 2.94. The second-order valence-electron chi connectivity index (χ2n) is 5.69. The molecule has 104 valence electrons. The predicted molar refractivity (Wildman–Crippen MR) is 76.1 cm³/mol. The summed E-state index contributed by atoms with van der Waals surface area (Å²) in [6, 6.07) is 7.89. The molecule has 1 aromatic rings. The molecule has 0 aromatic heterocycles. The van der Waals surface area contributed by atoms with E-state index in [-0.39, 0.29) is 6.42 Å². The molecule has 0 radical (unpaired) electrons. The molecule has 0 spiro atoms. The Balaban J connectivity index is 1.99. The average Bonchev–Trinajstić information content (AvgIpc) is 2.35. The molecule has 1 aliphatic heterocycles. The lowest BCUT2D eigenvalue weighted by atomic mass is 9.75. The lowest BCUT2D eigenvalue weighted by Crippen LogP contribution is -2.55. The number of likely N-dealkylation sites (tertiary alicyclic amines) is 1. The van der Waals surface area contributed by atoms with Crippen LogP contribution in [0.2, 0.25) is 0 Å². The number of carboxylic acid groups (broad SMARTS) is 1. The molecule has 1 heterocycles. The minimum absolute atomic E-state index is 0.122. The molecule has 3 nitrogen and oxygen atoms in total. The van der Waals surface area contributed by atoms with Crippen LogP contribution in [-0.4, -0.2) is 29.1 Å². The van der Waals surface area contributed by atoms with E-state index in [9.17, 15) is 4.79 Å². The second kappa shape index (κ2) is 5.74. The summed E-state index contributed by atoms with van der Waals surface area (Å²) in [5.41, 5.74) is 2.60. The zero-order valence-corrected chi connectivity index (χ0v) is 11.9. The van der Waals surface area contributed by atoms with Crippen LogP contribution < -0.4 is 0 Å². The monoisotopic (exact) mass is 261 g/mol. The maximum absolute atomic E-state index is 10.9. The summed E-state index contributed by atoms with van der Waals surface area (Å²) in [7, 11) is 0. The van der Waals surface area contributed by atoms with Gasteiger partial charge in [0.2, 0.25) is 0 Å². The van der Waals surface area contributed by atoms with Gasteiger partial charge in [0, 0.05) is 19.6 Å². The van der Waals surface area contributed by atoms with E-state index in [1.807, 2.05) is 18.2 Å². The summed E-state index contributed by atoms with van der Waals surface area (Å²) in [5.74, 6) is -0.757. The fourth-order valence-electron chi connectivity index (χ4n) is 3.00. The van der Waals surface area contributed by atoms with Crippen LogP contribution in [0.5, 0.6) is 0 Å². The molecule has 0 unspecified atom stereocenters. The second-order valence-corrected chi connectivity index (χ2v) is 5.69. The average molecular weight is 261 g/mol. The molecular weight excluding hydrogens is 238 g/mol. The fraction of sp³-hybridized carbons (Fsp3) is 0.562. The molecule has 0 saturated carbocycles. The van der Waals surface area contributed by atoms with Crippen molar-refractivity contribution in [2.45, 2.75) is 39.7 Å². The van der Waals surface area contributed by atoms with E-state index in [4.69, 9.17) is 5.11 Å². The Morgan fingerprint density at radius 2 is 1.79 bits per heavy atom. The Kier molecular flexibility index (Phi) is 4.25. The third-order valence-corrected chi connectivity index (χ3v) is 4.47. The Bertz CT molecular complexity index is 444. The van der Waals surface area contributed by atoms with Crippen molar-refractivity contribution in [2.24, 2.45) is 5.41 Å². The molecule has 1 aliphatic rings. The van der Waals surface area contributed by atoms with Crippen molar-refractivity contribution >= 4 is 5.97 Å². The van der Waals surface area contributed by atoms with Gasteiger partial charge in [-0.2, -0.15) is 0 Å². The van der Waals surface area contributed by atoms with Gasteiger partial charge >= 0.3 is 5.97 Å². The van der Waals surface area contributed by atoms with Crippen molar-refractivity contribution in [1.82, 2.24) is 4.90 Å². The van der Waals surface area contributed by atoms with Gasteiger partial charge in [-0.1, -0.05) is 38.1 Å². The molecule has 1 aromatic carbocycles. The van der Waals surface area contributed by atoms with Gasteiger partial charge in [-0.05, 0) is 29.4 Å². The molecule has 1 fully saturated rings. The van der Waals surface area contributed by atoms with Crippen LogP contribution in [0.15, 0.2) is 24.3 Å². The largest absolute Gasteiger partial charge is 0.481 e. The normalized spacial score (nSPS) is 18.0. The molecule has 0 aliphatic carbocycles. The smallest absolute Gasteiger partial charge is 0.307 e. The minimum Gasteiger partial charge on any atom is -0.481 e. The van der Waals surface area contributed by atoms with Crippen molar-refractivity contribution < 1.29 is 9.90 Å². The molecule has 1 saturated heterocycles. The molecule has 19 heavy (non-hydrogen) atoms. The lowest BCUT2D eigenvalue weighted by Gasteiger charge is -2.50. The first-order chi connectivity index (χ1) is 9.08. The maximum atomic E-state index is 10.9. The lowest BCUT2D eigenvalue weighted by molar-refractivity contribution is -0.136. The Morgan fingerprint density at radius 1 is 1.21 bits per heavy atom. The van der Waals surface area contributed by atoms with Gasteiger partial charge in [0.15, 0.2) is 0 Å². The van der Waals surface area contributed by atoms with Gasteiger partial charge in [-0.25, -0.2) is 0 Å². The van der Waals surface area contributed by atoms with E-state index in [0.29, 0.717) is 5.41 Å². The first-order valence-corrected chi connectivity index (χ1v) is 7.09. The van der Waals surface area contributed by atoms with E-state index in [1.54, 1.807) is 0 Å². The highest BCUT2D eigenvalue weighted by Crippen LogP contribution is 2.37. The van der Waals surface area contributed by atoms with Crippen LogP contribution in [0.25, 0.3) is 0 Å². The molecule has 0 amide bonds. The third kappa shape index (κ3) is 3.16. The number of carboxylic acids is 1. The standard InChI is InChI=1S/C16H23NO2/c1-3-16(4-2)11-17(12-16)10-14-8-6-5-7-13(14)9-15(18)19/h5-8H,3-4,9-12H2,1-2H3,(H,18,19). The summed E-state index contributed by atoms with van der Waals surface area (Å²) >= 11 is 0. The first-order valence-electron chi connectivity index (χ1n) is 7.09. The van der Waals surface area contributed by atoms with Crippen molar-refractivity contribution in [3.8, 4) is 0 Å². The van der Waals surface area contributed by atoms with Crippen LogP contribution in [-0.2, 0) is 17.8 Å². The van der Waals surface area contributed by atoms with Crippen molar-refractivity contribution in [3.05, 3.63) is 35.4 Å². The van der Waals surface area contributed by atoms with E-state index in [2.05, 4.69) is 24.8 Å². The Hall–Kier alpha value is -1.35. The summed E-state index contributed by atoms with van der Waals surface area (Å²) in [5, 5.41) is 8.94. The number of rotatable bonds is 6. The van der Waals surface area contributed by atoms with Crippen LogP contribution >= 0.6 is 0 Å². The molecule has 0 atom stereocenters. The third-order valence-electron chi connectivity index (χ3n) is 4.47. The van der Waals surface area contributed by atoms with Crippen molar-refractivity contribution in [3.63, 3.8) is 0 Å². The van der Waals surface area contributed by atoms with Crippen LogP contribution in [0.4, 0.5) is 0 Å². The topological polar surface area (TPSA) is 40.5 Å². The van der Waals surface area contributed by atoms with Gasteiger partial charge in [-0.15, -0.1) is 0 Å². The number of hydrogen-bond acceptors (Lipinski definition) is 2. The highest BCUT2D eigenvalue weighted by atomic mass is 16.4. The molecular formula is C16H23NO2. The van der Waals surface area contributed by atoms with Gasteiger partial charge < -0.3 is 5.11 Å². The molecule has 3 heteroatoms. The quantitative estimate of drug-likeness (QED) is 0.856. The highest BCUT2D eigenvalue weighted by molar-refractivity contribution is 5.70. The van der Waals surface area contributed by atoms with Crippen molar-refractivity contribution in [2.75, 3.05) is 13.1 Å². The minimum atomic E-state index is -0.757. The highest BCUT2D eigenvalue weighted by Gasteiger charge is 2.39. The first kappa shape index (κ1) is 14.1. The van der Waals surface area contributed by atoms with Crippen LogP contribution in [0.1, 0.15) is 37.8 Å². The summed E-state index contributed by atoms with van der Waals surface area (Å²) in [4.78, 5) is 13.3. The van der Waals surface area contributed by atoms with Gasteiger partial charge in [0.1, 0.15) is 0 Å². The number of carbonyl (C=O) groups is 1. The fourth-order valence-corrected chi connectivity index (χ4v) is 3.00. The summed E-state index contributed by atoms with van der Waals surface area (Å²) in [6.45, 7) is 7.69.